The van der Waals surface area contributed by atoms with Gasteiger partial charge in [0.05, 0.1) is 12.4 Å². The summed E-state index contributed by atoms with van der Waals surface area (Å²) in [5, 5.41) is 0. The van der Waals surface area contributed by atoms with Gasteiger partial charge in [0.25, 0.3) is 0 Å². The molecule has 2 heterocycles. The maximum atomic E-state index is 11.3. The maximum Gasteiger partial charge on any atom is 0.330 e. The van der Waals surface area contributed by atoms with E-state index in [0.717, 1.165) is 5.57 Å². The Morgan fingerprint density at radius 2 is 2.39 bits per heavy atom. The van der Waals surface area contributed by atoms with E-state index in [-0.39, 0.29) is 24.1 Å². The summed E-state index contributed by atoms with van der Waals surface area (Å²) >= 11 is 0. The van der Waals surface area contributed by atoms with Gasteiger partial charge in [0.1, 0.15) is 12.7 Å². The number of esters is 1. The number of hydrogen-bond acceptors (Lipinski definition) is 4. The molecular formula is C14H18O4. The third kappa shape index (κ3) is 3.01. The molecule has 0 fully saturated rings. The van der Waals surface area contributed by atoms with E-state index in [2.05, 4.69) is 6.08 Å². The Balaban J connectivity index is 2.13. The lowest BCUT2D eigenvalue weighted by molar-refractivity contribution is -0.154. The first-order chi connectivity index (χ1) is 8.70. The molecule has 0 N–H and O–H groups in total. The Morgan fingerprint density at radius 3 is 3.06 bits per heavy atom. The standard InChI is InChI=1S/C14H18O4/c1-3-17-10(2)14-12(4-5-13(15)18-14)8-11-6-7-16-9-11/h4-8,10,12,14H,3,9H2,1-2H3. The SMILES string of the molecule is CCOC(C)C1OC(=O)C=CC1C=C1C=COC1. The van der Waals surface area contributed by atoms with Crippen LogP contribution in [0.1, 0.15) is 13.8 Å². The summed E-state index contributed by atoms with van der Waals surface area (Å²) < 4.78 is 16.0. The summed E-state index contributed by atoms with van der Waals surface area (Å²) in [4.78, 5) is 11.3. The summed E-state index contributed by atoms with van der Waals surface area (Å²) in [6.45, 7) is 5.03. The van der Waals surface area contributed by atoms with Crippen molar-refractivity contribution < 1.29 is 19.0 Å². The number of ether oxygens (including phenoxy) is 3. The largest absolute Gasteiger partial charge is 0.497 e. The minimum absolute atomic E-state index is 0.0330. The summed E-state index contributed by atoms with van der Waals surface area (Å²) in [7, 11) is 0. The monoisotopic (exact) mass is 250 g/mol. The van der Waals surface area contributed by atoms with E-state index in [1.165, 1.54) is 6.08 Å². The zero-order valence-corrected chi connectivity index (χ0v) is 10.7. The molecule has 98 valence electrons. The van der Waals surface area contributed by atoms with Gasteiger partial charge in [-0.25, -0.2) is 4.79 Å². The molecule has 0 aromatic carbocycles. The van der Waals surface area contributed by atoms with Crippen molar-refractivity contribution >= 4 is 5.97 Å². The molecule has 3 unspecified atom stereocenters. The highest BCUT2D eigenvalue weighted by Gasteiger charge is 2.31. The van der Waals surface area contributed by atoms with Gasteiger partial charge in [0, 0.05) is 18.6 Å². The van der Waals surface area contributed by atoms with Gasteiger partial charge in [-0.3, -0.25) is 0 Å². The lowest BCUT2D eigenvalue weighted by atomic mass is 9.93. The lowest BCUT2D eigenvalue weighted by Gasteiger charge is -2.30. The smallest absolute Gasteiger partial charge is 0.330 e. The first-order valence-corrected chi connectivity index (χ1v) is 6.20. The van der Waals surface area contributed by atoms with Crippen LogP contribution in [0.25, 0.3) is 0 Å². The van der Waals surface area contributed by atoms with Crippen molar-refractivity contribution in [3.8, 4) is 0 Å². The van der Waals surface area contributed by atoms with Crippen LogP contribution in [0.5, 0.6) is 0 Å². The Kier molecular flexibility index (Phi) is 4.20. The molecule has 0 aliphatic carbocycles. The fraction of sp³-hybridized carbons (Fsp3) is 0.500. The van der Waals surface area contributed by atoms with Gasteiger partial charge in [-0.05, 0) is 25.5 Å². The predicted molar refractivity (Wildman–Crippen MR) is 66.8 cm³/mol. The van der Waals surface area contributed by atoms with Crippen molar-refractivity contribution in [1.29, 1.82) is 0 Å². The molecular weight excluding hydrogens is 232 g/mol. The van der Waals surface area contributed by atoms with Gasteiger partial charge < -0.3 is 14.2 Å². The maximum absolute atomic E-state index is 11.3. The fourth-order valence-electron chi connectivity index (χ4n) is 2.15. The number of cyclic esters (lactones) is 1. The lowest BCUT2D eigenvalue weighted by Crippen LogP contribution is -2.38. The molecule has 0 aromatic rings. The summed E-state index contributed by atoms with van der Waals surface area (Å²) in [5.41, 5.74) is 1.09. The van der Waals surface area contributed by atoms with Gasteiger partial charge in [-0.2, -0.15) is 0 Å². The molecule has 0 amide bonds. The first-order valence-electron chi connectivity index (χ1n) is 6.20. The second-order valence-electron chi connectivity index (χ2n) is 4.35. The third-order valence-corrected chi connectivity index (χ3v) is 3.01. The Morgan fingerprint density at radius 1 is 1.56 bits per heavy atom. The van der Waals surface area contributed by atoms with E-state index in [1.807, 2.05) is 26.0 Å². The van der Waals surface area contributed by atoms with Crippen LogP contribution in [0, 0.1) is 5.92 Å². The van der Waals surface area contributed by atoms with Crippen molar-refractivity contribution in [3.05, 3.63) is 36.1 Å². The van der Waals surface area contributed by atoms with Crippen LogP contribution in [0.15, 0.2) is 36.1 Å². The van der Waals surface area contributed by atoms with Crippen LogP contribution < -0.4 is 0 Å². The summed E-state index contributed by atoms with van der Waals surface area (Å²) in [5.74, 6) is -0.273. The average Bonchev–Trinajstić information content (AvgIpc) is 2.84. The van der Waals surface area contributed by atoms with Crippen LogP contribution in [-0.4, -0.2) is 31.4 Å². The molecule has 0 spiro atoms. The molecule has 4 heteroatoms. The quantitative estimate of drug-likeness (QED) is 0.716. The van der Waals surface area contributed by atoms with Crippen LogP contribution in [0.4, 0.5) is 0 Å². The number of rotatable bonds is 4. The molecule has 2 aliphatic rings. The second kappa shape index (κ2) is 5.87. The zero-order valence-electron chi connectivity index (χ0n) is 10.7. The highest BCUT2D eigenvalue weighted by molar-refractivity contribution is 5.83. The highest BCUT2D eigenvalue weighted by Crippen LogP contribution is 2.24. The predicted octanol–water partition coefficient (Wildman–Crippen LogP) is 1.98. The number of hydrogen-bond donors (Lipinski definition) is 0. The molecule has 0 bridgehead atoms. The third-order valence-electron chi connectivity index (χ3n) is 3.01. The van der Waals surface area contributed by atoms with Gasteiger partial charge in [-0.15, -0.1) is 0 Å². The summed E-state index contributed by atoms with van der Waals surface area (Å²) in [6.07, 6.45) is 8.59. The van der Waals surface area contributed by atoms with Crippen LogP contribution in [-0.2, 0) is 19.0 Å². The van der Waals surface area contributed by atoms with E-state index >= 15 is 0 Å². The van der Waals surface area contributed by atoms with Gasteiger partial charge in [-0.1, -0.05) is 12.2 Å². The minimum atomic E-state index is -0.306. The van der Waals surface area contributed by atoms with Crippen LogP contribution in [0.3, 0.4) is 0 Å². The number of carbonyl (C=O) groups is 1. The van der Waals surface area contributed by atoms with Crippen LogP contribution >= 0.6 is 0 Å². The molecule has 0 radical (unpaired) electrons. The van der Waals surface area contributed by atoms with Crippen LogP contribution in [0.2, 0.25) is 0 Å². The highest BCUT2D eigenvalue weighted by atomic mass is 16.6. The van der Waals surface area contributed by atoms with Gasteiger partial charge in [0.2, 0.25) is 0 Å². The van der Waals surface area contributed by atoms with E-state index in [0.29, 0.717) is 13.2 Å². The van der Waals surface area contributed by atoms with Crippen molar-refractivity contribution in [2.75, 3.05) is 13.2 Å². The normalized spacial score (nSPS) is 30.3. The fourth-order valence-corrected chi connectivity index (χ4v) is 2.15. The molecule has 4 nitrogen and oxygen atoms in total. The summed E-state index contributed by atoms with van der Waals surface area (Å²) in [6, 6.07) is 0. The van der Waals surface area contributed by atoms with E-state index in [4.69, 9.17) is 14.2 Å². The van der Waals surface area contributed by atoms with E-state index < -0.39 is 0 Å². The molecule has 18 heavy (non-hydrogen) atoms. The van der Waals surface area contributed by atoms with E-state index in [1.54, 1.807) is 6.26 Å². The molecule has 0 aromatic heterocycles. The Labute approximate surface area is 107 Å². The minimum Gasteiger partial charge on any atom is -0.497 e. The van der Waals surface area contributed by atoms with Crippen molar-refractivity contribution in [3.63, 3.8) is 0 Å². The molecule has 0 saturated heterocycles. The molecule has 3 atom stereocenters. The Bertz CT molecular complexity index is 395. The molecule has 2 aliphatic heterocycles. The Hall–Kier alpha value is -1.55. The van der Waals surface area contributed by atoms with Gasteiger partial charge in [0.15, 0.2) is 0 Å². The topological polar surface area (TPSA) is 44.8 Å². The van der Waals surface area contributed by atoms with Crippen molar-refractivity contribution in [2.45, 2.75) is 26.1 Å². The number of carbonyl (C=O) groups excluding carboxylic acids is 1. The molecule has 2 rings (SSSR count). The second-order valence-corrected chi connectivity index (χ2v) is 4.35. The van der Waals surface area contributed by atoms with E-state index in [9.17, 15) is 4.79 Å². The zero-order chi connectivity index (χ0) is 13.0. The molecule has 0 saturated carbocycles. The first kappa shape index (κ1) is 12.9. The van der Waals surface area contributed by atoms with Crippen molar-refractivity contribution in [2.24, 2.45) is 5.92 Å². The van der Waals surface area contributed by atoms with Crippen molar-refractivity contribution in [1.82, 2.24) is 0 Å². The average molecular weight is 250 g/mol. The van der Waals surface area contributed by atoms with Gasteiger partial charge >= 0.3 is 5.97 Å².